The third-order valence-electron chi connectivity index (χ3n) is 3.40. The number of nitrogens with zero attached hydrogens (tertiary/aromatic N) is 1. The van der Waals surface area contributed by atoms with Gasteiger partial charge < -0.3 is 9.42 Å². The van der Waals surface area contributed by atoms with E-state index in [0.717, 1.165) is 24.3 Å². The molecule has 0 fully saturated rings. The second-order valence-corrected chi connectivity index (χ2v) is 9.16. The summed E-state index contributed by atoms with van der Waals surface area (Å²) in [5.74, 6) is -0.350. The van der Waals surface area contributed by atoms with Crippen LogP contribution < -0.4 is 9.95 Å². The van der Waals surface area contributed by atoms with Crippen molar-refractivity contribution in [1.82, 2.24) is 5.43 Å². The van der Waals surface area contributed by atoms with Crippen LogP contribution in [-0.4, -0.2) is 23.2 Å². The number of nitrogens with one attached hydrogen (secondary N) is 1. The van der Waals surface area contributed by atoms with Crippen molar-refractivity contribution in [3.05, 3.63) is 65.2 Å². The normalized spacial score (nSPS) is 14.0. The first-order valence-electron chi connectivity index (χ1n) is 7.73. The van der Waals surface area contributed by atoms with Gasteiger partial charge in [0.1, 0.15) is 5.75 Å². The summed E-state index contributed by atoms with van der Waals surface area (Å²) >= 11 is 4.99. The van der Waals surface area contributed by atoms with Crippen LogP contribution >= 0.6 is 6.49 Å². The molecule has 5 nitrogen and oxygen atoms in total. The van der Waals surface area contributed by atoms with Gasteiger partial charge in [0.25, 0.3) is 5.91 Å². The van der Waals surface area contributed by atoms with Gasteiger partial charge in [0, 0.05) is 17.3 Å². The molecule has 0 aliphatic rings. The predicted molar refractivity (Wildman–Crippen MR) is 101 cm³/mol. The molecule has 2 N–H and O–H groups in total. The van der Waals surface area contributed by atoms with Crippen molar-refractivity contribution in [3.63, 3.8) is 0 Å². The van der Waals surface area contributed by atoms with Crippen LogP contribution in [0.5, 0.6) is 5.75 Å². The molecular formula is C17H16F3N2O3PS. The molecule has 0 aliphatic heterocycles. The highest BCUT2D eigenvalue weighted by molar-refractivity contribution is 8.09. The summed E-state index contributed by atoms with van der Waals surface area (Å²) in [5.41, 5.74) is 1.88. The van der Waals surface area contributed by atoms with Gasteiger partial charge in [-0.15, -0.1) is 0 Å². The molecule has 0 aliphatic carbocycles. The number of carbonyl (C=O) groups excluding carboxylic acids is 1. The van der Waals surface area contributed by atoms with Crippen LogP contribution in [0.3, 0.4) is 0 Å². The van der Waals surface area contributed by atoms with E-state index in [9.17, 15) is 22.9 Å². The van der Waals surface area contributed by atoms with E-state index in [-0.39, 0.29) is 5.56 Å². The first-order chi connectivity index (χ1) is 12.6. The SMILES string of the molecule is CCP(O)(=S)Oc1ccccc1C=NNC(=O)c1ccc(C(F)(F)F)cc1. The van der Waals surface area contributed by atoms with Crippen molar-refractivity contribution < 1.29 is 27.4 Å². The molecule has 2 rings (SSSR count). The van der Waals surface area contributed by atoms with E-state index in [4.69, 9.17) is 16.3 Å². The number of halogens is 3. The molecule has 0 aromatic heterocycles. The highest BCUT2D eigenvalue weighted by atomic mass is 32.5. The van der Waals surface area contributed by atoms with E-state index in [0.29, 0.717) is 17.5 Å². The Balaban J connectivity index is 2.07. The zero-order chi connectivity index (χ0) is 20.1. The maximum Gasteiger partial charge on any atom is 0.416 e. The van der Waals surface area contributed by atoms with Gasteiger partial charge in [-0.1, -0.05) is 19.1 Å². The average Bonchev–Trinajstić information content (AvgIpc) is 2.62. The van der Waals surface area contributed by atoms with E-state index < -0.39 is 24.1 Å². The monoisotopic (exact) mass is 416 g/mol. The molecule has 1 unspecified atom stereocenters. The Labute approximate surface area is 159 Å². The minimum Gasteiger partial charge on any atom is -0.443 e. The van der Waals surface area contributed by atoms with Crippen molar-refractivity contribution in [2.45, 2.75) is 13.1 Å². The van der Waals surface area contributed by atoms with Gasteiger partial charge in [0.2, 0.25) is 6.49 Å². The molecule has 10 heteroatoms. The number of benzene rings is 2. The molecule has 0 heterocycles. The molecule has 0 spiro atoms. The van der Waals surface area contributed by atoms with E-state index in [2.05, 4.69) is 10.5 Å². The van der Waals surface area contributed by atoms with Crippen LogP contribution in [0, 0.1) is 0 Å². The van der Waals surface area contributed by atoms with Crippen molar-refractivity contribution in [1.29, 1.82) is 0 Å². The molecule has 0 bridgehead atoms. The highest BCUT2D eigenvalue weighted by Crippen LogP contribution is 2.43. The topological polar surface area (TPSA) is 70.9 Å². The maximum atomic E-state index is 12.5. The maximum absolute atomic E-state index is 12.5. The van der Waals surface area contributed by atoms with Gasteiger partial charge in [0.05, 0.1) is 11.8 Å². The standard InChI is InChI=1S/C17H16F3N2O3PS/c1-2-26(24,27)25-15-6-4-3-5-13(15)11-21-22-16(23)12-7-9-14(10-8-12)17(18,19)20/h3-11H,2H2,1H3,(H,22,23)(H,24,27). The number of rotatable bonds is 6. The number of hydrogen-bond donors (Lipinski definition) is 2. The first kappa shape index (κ1) is 21.1. The third-order valence-corrected chi connectivity index (χ3v) is 5.68. The smallest absolute Gasteiger partial charge is 0.416 e. The molecule has 0 saturated heterocycles. The van der Waals surface area contributed by atoms with Gasteiger partial charge in [-0.2, -0.15) is 18.3 Å². The van der Waals surface area contributed by atoms with Crippen molar-refractivity contribution in [2.75, 3.05) is 6.16 Å². The molecule has 2 aromatic rings. The van der Waals surface area contributed by atoms with Gasteiger partial charge in [-0.25, -0.2) is 5.43 Å². The van der Waals surface area contributed by atoms with Crippen LogP contribution in [0.2, 0.25) is 0 Å². The van der Waals surface area contributed by atoms with Crippen molar-refractivity contribution in [3.8, 4) is 5.75 Å². The number of carbonyl (C=O) groups is 1. The largest absolute Gasteiger partial charge is 0.443 e. The summed E-state index contributed by atoms with van der Waals surface area (Å²) in [4.78, 5) is 21.9. The van der Waals surface area contributed by atoms with Gasteiger partial charge in [-0.3, -0.25) is 4.79 Å². The van der Waals surface area contributed by atoms with E-state index in [1.165, 1.54) is 6.21 Å². The van der Waals surface area contributed by atoms with Crippen LogP contribution in [0.4, 0.5) is 13.2 Å². The fraction of sp³-hybridized carbons (Fsp3) is 0.176. The number of hydrazone groups is 1. The minimum atomic E-state index is -4.47. The summed E-state index contributed by atoms with van der Waals surface area (Å²) in [6, 6.07) is 10.4. The average molecular weight is 416 g/mol. The summed E-state index contributed by atoms with van der Waals surface area (Å²) in [7, 11) is 0. The zero-order valence-corrected chi connectivity index (χ0v) is 15.8. The molecule has 2 aromatic carbocycles. The summed E-state index contributed by atoms with van der Waals surface area (Å²) in [6.45, 7) is -1.24. The van der Waals surface area contributed by atoms with Gasteiger partial charge in [-0.05, 0) is 48.2 Å². The summed E-state index contributed by atoms with van der Waals surface area (Å²) in [6.07, 6.45) is -2.88. The molecule has 1 amide bonds. The third kappa shape index (κ3) is 6.16. The Hall–Kier alpha value is -2.22. The quantitative estimate of drug-likeness (QED) is 0.421. The minimum absolute atomic E-state index is 0.0292. The van der Waals surface area contributed by atoms with E-state index in [1.807, 2.05) is 0 Å². The number of alkyl halides is 3. The first-order valence-corrected chi connectivity index (χ1v) is 10.6. The van der Waals surface area contributed by atoms with Crippen molar-refractivity contribution in [2.24, 2.45) is 5.10 Å². The molecule has 144 valence electrons. The predicted octanol–water partition coefficient (Wildman–Crippen LogP) is 4.17. The van der Waals surface area contributed by atoms with Crippen molar-refractivity contribution >= 4 is 30.4 Å². The molecule has 0 saturated carbocycles. The lowest BCUT2D eigenvalue weighted by atomic mass is 10.1. The number of hydrogen-bond acceptors (Lipinski definition) is 4. The lowest BCUT2D eigenvalue weighted by Gasteiger charge is -2.16. The number of amides is 1. The Kier molecular flexibility index (Phi) is 6.75. The summed E-state index contributed by atoms with van der Waals surface area (Å²) in [5, 5.41) is 3.78. The Morgan fingerprint density at radius 3 is 2.48 bits per heavy atom. The fourth-order valence-corrected chi connectivity index (χ4v) is 2.77. The van der Waals surface area contributed by atoms with Crippen LogP contribution in [0.25, 0.3) is 0 Å². The molecule has 27 heavy (non-hydrogen) atoms. The Morgan fingerprint density at radius 2 is 1.89 bits per heavy atom. The van der Waals surface area contributed by atoms with Gasteiger partial charge in [0.15, 0.2) is 0 Å². The summed E-state index contributed by atoms with van der Waals surface area (Å²) < 4.78 is 43.0. The van der Waals surface area contributed by atoms with Crippen LogP contribution in [-0.2, 0) is 18.0 Å². The fourth-order valence-electron chi connectivity index (χ4n) is 1.92. The lowest BCUT2D eigenvalue weighted by molar-refractivity contribution is -0.137. The molecule has 0 radical (unpaired) electrons. The van der Waals surface area contributed by atoms with Crippen LogP contribution in [0.15, 0.2) is 53.6 Å². The van der Waals surface area contributed by atoms with Gasteiger partial charge >= 0.3 is 6.18 Å². The molecule has 1 atom stereocenters. The second kappa shape index (κ2) is 8.65. The van der Waals surface area contributed by atoms with E-state index >= 15 is 0 Å². The van der Waals surface area contributed by atoms with E-state index in [1.54, 1.807) is 31.2 Å². The zero-order valence-electron chi connectivity index (χ0n) is 14.1. The van der Waals surface area contributed by atoms with Crippen LogP contribution in [0.1, 0.15) is 28.4 Å². The Morgan fingerprint density at radius 1 is 1.26 bits per heavy atom. The number of para-hydroxylation sites is 1. The Bertz CT molecular complexity index is 886. The second-order valence-electron chi connectivity index (χ2n) is 5.36. The lowest BCUT2D eigenvalue weighted by Crippen LogP contribution is -2.18. The highest BCUT2D eigenvalue weighted by Gasteiger charge is 2.30. The molecular weight excluding hydrogens is 400 g/mol.